The normalized spacial score (nSPS) is 35.5. The predicted molar refractivity (Wildman–Crippen MR) is 107 cm³/mol. The minimum Gasteiger partial charge on any atom is -0.462 e. The maximum atomic E-state index is 12.3. The van der Waals surface area contributed by atoms with E-state index in [0.29, 0.717) is 6.61 Å². The zero-order chi connectivity index (χ0) is 21.7. The van der Waals surface area contributed by atoms with Gasteiger partial charge in [-0.2, -0.15) is 0 Å². The first-order valence-corrected chi connectivity index (χ1v) is 10.5. The standard InChI is InChI=1S/C23H32O7/c1-21(2,3)20(24)26-13-15-16-17(25-12-14-10-8-7-9-11-14)18-19(27-15)30-23(28-16,29-18)22(4,5)6/h7-11,15-19H,12-13H2,1-6H3/t15-,16-,17+,18-,19?,23?/m1/s1. The predicted octanol–water partition coefficient (Wildman–Crippen LogP) is 3.40. The Balaban J connectivity index is 1.53. The van der Waals surface area contributed by atoms with Gasteiger partial charge in [0, 0.05) is 5.41 Å². The van der Waals surface area contributed by atoms with Crippen molar-refractivity contribution in [2.24, 2.45) is 10.8 Å². The third kappa shape index (κ3) is 3.89. The Kier molecular flexibility index (Phi) is 5.48. The maximum absolute atomic E-state index is 12.3. The van der Waals surface area contributed by atoms with Gasteiger partial charge in [-0.1, -0.05) is 51.1 Å². The van der Waals surface area contributed by atoms with Crippen LogP contribution >= 0.6 is 0 Å². The van der Waals surface area contributed by atoms with Crippen LogP contribution in [-0.2, 0) is 39.8 Å². The van der Waals surface area contributed by atoms with Crippen molar-refractivity contribution in [1.82, 2.24) is 0 Å². The van der Waals surface area contributed by atoms with Crippen molar-refractivity contribution < 1.29 is 33.2 Å². The Morgan fingerprint density at radius 2 is 1.67 bits per heavy atom. The molecule has 3 saturated heterocycles. The molecule has 166 valence electrons. The van der Waals surface area contributed by atoms with Crippen LogP contribution in [0.5, 0.6) is 0 Å². The van der Waals surface area contributed by atoms with Crippen molar-refractivity contribution in [2.75, 3.05) is 6.61 Å². The van der Waals surface area contributed by atoms with E-state index in [-0.39, 0.29) is 12.6 Å². The molecule has 3 heterocycles. The maximum Gasteiger partial charge on any atom is 0.311 e. The van der Waals surface area contributed by atoms with E-state index in [0.717, 1.165) is 5.56 Å². The number of esters is 1. The topological polar surface area (TPSA) is 72.5 Å². The van der Waals surface area contributed by atoms with Gasteiger partial charge in [0.1, 0.15) is 31.0 Å². The molecular weight excluding hydrogens is 388 g/mol. The van der Waals surface area contributed by atoms with Crippen molar-refractivity contribution in [3.05, 3.63) is 35.9 Å². The fourth-order valence-electron chi connectivity index (χ4n) is 3.83. The molecule has 3 aliphatic heterocycles. The fraction of sp³-hybridized carbons (Fsp3) is 0.696. The molecule has 3 aliphatic rings. The van der Waals surface area contributed by atoms with Crippen molar-refractivity contribution in [1.29, 1.82) is 0 Å². The largest absolute Gasteiger partial charge is 0.462 e. The van der Waals surface area contributed by atoms with Crippen LogP contribution in [0.1, 0.15) is 47.1 Å². The molecule has 3 bridgehead atoms. The lowest BCUT2D eigenvalue weighted by atomic mass is 9.90. The highest BCUT2D eigenvalue weighted by Gasteiger charge is 2.69. The molecule has 2 unspecified atom stereocenters. The van der Waals surface area contributed by atoms with E-state index < -0.39 is 47.5 Å². The van der Waals surface area contributed by atoms with Crippen LogP contribution in [0.4, 0.5) is 0 Å². The average molecular weight is 421 g/mol. The highest BCUT2D eigenvalue weighted by atomic mass is 17.0. The van der Waals surface area contributed by atoms with Gasteiger partial charge in [-0.05, 0) is 26.3 Å². The third-order valence-electron chi connectivity index (χ3n) is 5.64. The number of carbonyl (C=O) groups excluding carboxylic acids is 1. The minimum atomic E-state index is -1.22. The second kappa shape index (κ2) is 7.57. The van der Waals surface area contributed by atoms with Crippen LogP contribution in [0, 0.1) is 10.8 Å². The molecule has 0 amide bonds. The van der Waals surface area contributed by atoms with Crippen molar-refractivity contribution in [3.63, 3.8) is 0 Å². The monoisotopic (exact) mass is 420 g/mol. The SMILES string of the molecule is CC(C)(C)C(=O)OC[C@H]1OC2OC3(C(C)(C)C)O[C@H]1[C@H](OCc1ccccc1)[C@H]2O3. The molecule has 0 spiro atoms. The lowest BCUT2D eigenvalue weighted by Crippen LogP contribution is -2.64. The molecule has 0 aromatic heterocycles. The summed E-state index contributed by atoms with van der Waals surface area (Å²) in [6.07, 6.45) is -2.46. The Morgan fingerprint density at radius 1 is 1.00 bits per heavy atom. The van der Waals surface area contributed by atoms with Crippen LogP contribution in [0.2, 0.25) is 0 Å². The van der Waals surface area contributed by atoms with E-state index in [1.807, 2.05) is 71.9 Å². The van der Waals surface area contributed by atoms with Crippen molar-refractivity contribution in [2.45, 2.75) is 84.8 Å². The lowest BCUT2D eigenvalue weighted by molar-refractivity contribution is -0.430. The van der Waals surface area contributed by atoms with Crippen molar-refractivity contribution in [3.8, 4) is 0 Å². The van der Waals surface area contributed by atoms with Gasteiger partial charge >= 0.3 is 5.97 Å². The van der Waals surface area contributed by atoms with Crippen LogP contribution in [0.15, 0.2) is 30.3 Å². The molecule has 7 nitrogen and oxygen atoms in total. The zero-order valence-corrected chi connectivity index (χ0v) is 18.5. The first-order chi connectivity index (χ1) is 14.0. The molecule has 3 fully saturated rings. The number of hydrogen-bond acceptors (Lipinski definition) is 7. The molecule has 7 heteroatoms. The van der Waals surface area contributed by atoms with Gasteiger partial charge < -0.3 is 23.7 Å². The summed E-state index contributed by atoms with van der Waals surface area (Å²) in [5.74, 6) is -1.51. The summed E-state index contributed by atoms with van der Waals surface area (Å²) < 4.78 is 36.6. The quantitative estimate of drug-likeness (QED) is 0.676. The summed E-state index contributed by atoms with van der Waals surface area (Å²) in [5, 5.41) is 0. The van der Waals surface area contributed by atoms with E-state index in [2.05, 4.69) is 0 Å². The van der Waals surface area contributed by atoms with E-state index in [4.69, 9.17) is 28.4 Å². The molecule has 4 rings (SSSR count). The van der Waals surface area contributed by atoms with Crippen molar-refractivity contribution >= 4 is 5.97 Å². The third-order valence-corrected chi connectivity index (χ3v) is 5.64. The molecule has 0 radical (unpaired) electrons. The number of fused-ring (bicyclic) bond motifs is 2. The summed E-state index contributed by atoms with van der Waals surface area (Å²) in [7, 11) is 0. The van der Waals surface area contributed by atoms with Crippen LogP contribution < -0.4 is 0 Å². The summed E-state index contributed by atoms with van der Waals surface area (Å²) in [6, 6.07) is 9.92. The molecular formula is C23H32O7. The lowest BCUT2D eigenvalue weighted by Gasteiger charge is -2.48. The van der Waals surface area contributed by atoms with Gasteiger partial charge in [0.15, 0.2) is 6.29 Å². The van der Waals surface area contributed by atoms with Crippen LogP contribution in [0.25, 0.3) is 0 Å². The van der Waals surface area contributed by atoms with Gasteiger partial charge in [-0.25, -0.2) is 0 Å². The second-order valence-electron chi connectivity index (χ2n) is 10.2. The summed E-state index contributed by atoms with van der Waals surface area (Å²) in [4.78, 5) is 12.3. The fourth-order valence-corrected chi connectivity index (χ4v) is 3.83. The first kappa shape index (κ1) is 21.7. The molecule has 0 N–H and O–H groups in total. The van der Waals surface area contributed by atoms with E-state index in [1.165, 1.54) is 0 Å². The number of rotatable bonds is 5. The summed E-state index contributed by atoms with van der Waals surface area (Å²) >= 11 is 0. The first-order valence-electron chi connectivity index (χ1n) is 10.5. The van der Waals surface area contributed by atoms with Crippen LogP contribution in [-0.4, -0.2) is 49.3 Å². The van der Waals surface area contributed by atoms with Crippen LogP contribution in [0.3, 0.4) is 0 Å². The number of ether oxygens (including phenoxy) is 6. The Hall–Kier alpha value is -1.51. The van der Waals surface area contributed by atoms with Gasteiger partial charge in [0.25, 0.3) is 5.97 Å². The summed E-state index contributed by atoms with van der Waals surface area (Å²) in [6.45, 7) is 11.9. The highest BCUT2D eigenvalue weighted by molar-refractivity contribution is 5.75. The Morgan fingerprint density at radius 3 is 2.30 bits per heavy atom. The number of hydrogen-bond donors (Lipinski definition) is 0. The molecule has 6 atom stereocenters. The molecule has 1 aromatic rings. The number of benzene rings is 1. The molecule has 30 heavy (non-hydrogen) atoms. The Labute approximate surface area is 177 Å². The highest BCUT2D eigenvalue weighted by Crippen LogP contribution is 2.53. The van der Waals surface area contributed by atoms with E-state index in [1.54, 1.807) is 0 Å². The average Bonchev–Trinajstić information content (AvgIpc) is 2.89. The van der Waals surface area contributed by atoms with Gasteiger partial charge in [0.05, 0.1) is 12.0 Å². The molecule has 1 aromatic carbocycles. The minimum absolute atomic E-state index is 0.0682. The van der Waals surface area contributed by atoms with Gasteiger partial charge in [-0.15, -0.1) is 0 Å². The summed E-state index contributed by atoms with van der Waals surface area (Å²) in [5.41, 5.74) is 0.0159. The van der Waals surface area contributed by atoms with Gasteiger partial charge in [-0.3, -0.25) is 9.53 Å². The second-order valence-corrected chi connectivity index (χ2v) is 10.2. The molecule has 0 aliphatic carbocycles. The van der Waals surface area contributed by atoms with E-state index in [9.17, 15) is 4.79 Å². The van der Waals surface area contributed by atoms with E-state index >= 15 is 0 Å². The smallest absolute Gasteiger partial charge is 0.311 e. The molecule has 0 saturated carbocycles. The van der Waals surface area contributed by atoms with Gasteiger partial charge in [0.2, 0.25) is 0 Å². The zero-order valence-electron chi connectivity index (χ0n) is 18.5. The Bertz CT molecular complexity index is 766. The number of carbonyl (C=O) groups is 1.